The highest BCUT2D eigenvalue weighted by molar-refractivity contribution is 9.11. The van der Waals surface area contributed by atoms with Crippen LogP contribution in [0.5, 0.6) is 17.2 Å². The van der Waals surface area contributed by atoms with Crippen molar-refractivity contribution in [1.29, 1.82) is 0 Å². The van der Waals surface area contributed by atoms with E-state index in [2.05, 4.69) is 49.0 Å². The van der Waals surface area contributed by atoms with E-state index in [1.807, 2.05) is 6.07 Å². The molecule has 0 saturated carbocycles. The number of benzene rings is 3. The van der Waals surface area contributed by atoms with E-state index in [4.69, 9.17) is 14.2 Å². The zero-order valence-corrected chi connectivity index (χ0v) is 22.2. The Balaban J connectivity index is 1.72. The standard InChI is InChI=1S/C25H21Br2N3O6/c1-3-10-35-22-9-6-17(12-23(22)34-2)25(31)29-28-14-18-11-19(26)13-21(27)24(18)36-15-16-4-7-20(8-5-16)30(32)33/h3-9,11-14H,1,10,15H2,2H3,(H,29,31)/b28-14+. The van der Waals surface area contributed by atoms with Crippen molar-refractivity contribution in [3.05, 3.63) is 103 Å². The van der Waals surface area contributed by atoms with Crippen LogP contribution in [-0.4, -0.2) is 30.8 Å². The van der Waals surface area contributed by atoms with Crippen LogP contribution in [0.2, 0.25) is 0 Å². The lowest BCUT2D eigenvalue weighted by molar-refractivity contribution is -0.384. The molecule has 1 N–H and O–H groups in total. The highest BCUT2D eigenvalue weighted by Gasteiger charge is 2.13. The normalized spacial score (nSPS) is 10.6. The molecule has 3 aromatic carbocycles. The summed E-state index contributed by atoms with van der Waals surface area (Å²) in [4.78, 5) is 23.0. The molecule has 1 amide bonds. The summed E-state index contributed by atoms with van der Waals surface area (Å²) in [6.45, 7) is 4.09. The summed E-state index contributed by atoms with van der Waals surface area (Å²) in [7, 11) is 1.49. The van der Waals surface area contributed by atoms with Gasteiger partial charge in [0, 0.05) is 27.7 Å². The van der Waals surface area contributed by atoms with Crippen molar-refractivity contribution < 1.29 is 23.9 Å². The molecule has 0 bridgehead atoms. The first-order valence-corrected chi connectivity index (χ1v) is 12.0. The Bertz CT molecular complexity index is 1300. The molecule has 3 aromatic rings. The van der Waals surface area contributed by atoms with E-state index >= 15 is 0 Å². The molecule has 0 unspecified atom stereocenters. The van der Waals surface area contributed by atoms with E-state index in [9.17, 15) is 14.9 Å². The highest BCUT2D eigenvalue weighted by Crippen LogP contribution is 2.33. The van der Waals surface area contributed by atoms with Gasteiger partial charge < -0.3 is 14.2 Å². The van der Waals surface area contributed by atoms with Crippen molar-refractivity contribution in [3.63, 3.8) is 0 Å². The number of carbonyl (C=O) groups excluding carboxylic acids is 1. The lowest BCUT2D eigenvalue weighted by atomic mass is 10.2. The van der Waals surface area contributed by atoms with E-state index in [-0.39, 0.29) is 12.3 Å². The lowest BCUT2D eigenvalue weighted by Crippen LogP contribution is -2.17. The van der Waals surface area contributed by atoms with Gasteiger partial charge in [-0.05, 0) is 64.0 Å². The second kappa shape index (κ2) is 12.8. The molecule has 0 radical (unpaired) electrons. The fourth-order valence-corrected chi connectivity index (χ4v) is 4.37. The average Bonchev–Trinajstić information content (AvgIpc) is 2.86. The number of hydrazone groups is 1. The minimum atomic E-state index is -0.458. The maximum absolute atomic E-state index is 12.6. The number of carbonyl (C=O) groups is 1. The van der Waals surface area contributed by atoms with Crippen LogP contribution in [0, 0.1) is 10.1 Å². The maximum atomic E-state index is 12.6. The quantitative estimate of drug-likeness (QED) is 0.121. The number of rotatable bonds is 11. The van der Waals surface area contributed by atoms with Crippen LogP contribution in [0.1, 0.15) is 21.5 Å². The smallest absolute Gasteiger partial charge is 0.271 e. The summed E-state index contributed by atoms with van der Waals surface area (Å²) in [6, 6.07) is 14.5. The summed E-state index contributed by atoms with van der Waals surface area (Å²) in [5.41, 5.74) is 4.16. The van der Waals surface area contributed by atoms with Gasteiger partial charge in [-0.1, -0.05) is 28.6 Å². The predicted molar refractivity (Wildman–Crippen MR) is 143 cm³/mol. The fraction of sp³-hybridized carbons (Fsp3) is 0.120. The van der Waals surface area contributed by atoms with E-state index in [1.54, 1.807) is 42.5 Å². The van der Waals surface area contributed by atoms with Gasteiger partial charge in [0.05, 0.1) is 22.7 Å². The molecule has 9 nitrogen and oxygen atoms in total. The van der Waals surface area contributed by atoms with Crippen LogP contribution in [-0.2, 0) is 6.61 Å². The Labute approximate surface area is 224 Å². The van der Waals surface area contributed by atoms with Gasteiger partial charge >= 0.3 is 0 Å². The van der Waals surface area contributed by atoms with E-state index in [0.717, 1.165) is 10.0 Å². The first kappa shape index (κ1) is 26.9. The number of nitrogens with zero attached hydrogens (tertiary/aromatic N) is 2. The number of nitro benzene ring substituents is 1. The molecule has 0 fully saturated rings. The Hall–Kier alpha value is -3.70. The molecule has 0 heterocycles. The number of hydrogen-bond donors (Lipinski definition) is 1. The van der Waals surface area contributed by atoms with Gasteiger partial charge in [0.25, 0.3) is 11.6 Å². The molecule has 3 rings (SSSR count). The third-order valence-electron chi connectivity index (χ3n) is 4.72. The lowest BCUT2D eigenvalue weighted by Gasteiger charge is -2.12. The van der Waals surface area contributed by atoms with Gasteiger partial charge in [0.2, 0.25) is 0 Å². The number of nitro groups is 1. The van der Waals surface area contributed by atoms with Crippen molar-refractivity contribution in [1.82, 2.24) is 5.43 Å². The third kappa shape index (κ3) is 7.15. The van der Waals surface area contributed by atoms with Crippen molar-refractivity contribution in [2.45, 2.75) is 6.61 Å². The van der Waals surface area contributed by atoms with Gasteiger partial charge in [-0.2, -0.15) is 5.10 Å². The molecular weight excluding hydrogens is 598 g/mol. The van der Waals surface area contributed by atoms with Crippen LogP contribution in [0.3, 0.4) is 0 Å². The monoisotopic (exact) mass is 617 g/mol. The van der Waals surface area contributed by atoms with Gasteiger partial charge in [-0.25, -0.2) is 5.43 Å². The number of non-ortho nitro benzene ring substituents is 1. The molecule has 36 heavy (non-hydrogen) atoms. The van der Waals surface area contributed by atoms with Crippen LogP contribution in [0.15, 0.2) is 81.3 Å². The molecule has 0 atom stereocenters. The highest BCUT2D eigenvalue weighted by atomic mass is 79.9. The summed E-state index contributed by atoms with van der Waals surface area (Å²) < 4.78 is 18.2. The van der Waals surface area contributed by atoms with Crippen LogP contribution < -0.4 is 19.6 Å². The second-order valence-electron chi connectivity index (χ2n) is 7.18. The summed E-state index contributed by atoms with van der Waals surface area (Å²) in [5, 5.41) is 14.9. The van der Waals surface area contributed by atoms with Gasteiger partial charge in [-0.3, -0.25) is 14.9 Å². The fourth-order valence-electron chi connectivity index (χ4n) is 3.00. The Morgan fingerprint density at radius 1 is 1.11 bits per heavy atom. The van der Waals surface area contributed by atoms with E-state index in [0.29, 0.717) is 39.5 Å². The molecule has 0 spiro atoms. The average molecular weight is 619 g/mol. The molecule has 0 aliphatic heterocycles. The van der Waals surface area contributed by atoms with Gasteiger partial charge in [0.1, 0.15) is 19.0 Å². The Kier molecular flexibility index (Phi) is 9.60. The Morgan fingerprint density at radius 3 is 2.53 bits per heavy atom. The molecule has 11 heteroatoms. The van der Waals surface area contributed by atoms with Crippen molar-refractivity contribution in [2.24, 2.45) is 5.10 Å². The van der Waals surface area contributed by atoms with E-state index in [1.165, 1.54) is 25.5 Å². The number of halogens is 2. The first-order chi connectivity index (χ1) is 17.3. The van der Waals surface area contributed by atoms with Crippen molar-refractivity contribution >= 4 is 49.7 Å². The molecule has 0 aromatic heterocycles. The van der Waals surface area contributed by atoms with Crippen LogP contribution >= 0.6 is 31.9 Å². The molecule has 0 saturated heterocycles. The molecule has 0 aliphatic carbocycles. The maximum Gasteiger partial charge on any atom is 0.271 e. The van der Waals surface area contributed by atoms with Crippen LogP contribution in [0.4, 0.5) is 5.69 Å². The van der Waals surface area contributed by atoms with Gasteiger partial charge in [-0.15, -0.1) is 0 Å². The number of nitrogens with one attached hydrogen (secondary N) is 1. The van der Waals surface area contributed by atoms with Crippen molar-refractivity contribution in [3.8, 4) is 17.2 Å². The van der Waals surface area contributed by atoms with Crippen molar-refractivity contribution in [2.75, 3.05) is 13.7 Å². The Morgan fingerprint density at radius 2 is 1.86 bits per heavy atom. The second-order valence-corrected chi connectivity index (χ2v) is 8.95. The number of ether oxygens (including phenoxy) is 3. The topological polar surface area (TPSA) is 112 Å². The number of hydrogen-bond acceptors (Lipinski definition) is 7. The zero-order chi connectivity index (χ0) is 26.1. The van der Waals surface area contributed by atoms with E-state index < -0.39 is 10.8 Å². The number of amides is 1. The minimum absolute atomic E-state index is 0.00341. The first-order valence-electron chi connectivity index (χ1n) is 10.4. The molecular formula is C25H21Br2N3O6. The zero-order valence-electron chi connectivity index (χ0n) is 19.1. The SMILES string of the molecule is C=CCOc1ccc(C(=O)N/N=C/c2cc(Br)cc(Br)c2OCc2ccc([N+](=O)[O-])cc2)cc1OC. The molecule has 186 valence electrons. The minimum Gasteiger partial charge on any atom is -0.493 e. The summed E-state index contributed by atoms with van der Waals surface area (Å²) >= 11 is 6.91. The van der Waals surface area contributed by atoms with Gasteiger partial charge in [0.15, 0.2) is 11.5 Å². The summed E-state index contributed by atoms with van der Waals surface area (Å²) in [6.07, 6.45) is 3.07. The largest absolute Gasteiger partial charge is 0.493 e. The number of methoxy groups -OCH3 is 1. The third-order valence-corrected chi connectivity index (χ3v) is 5.77. The molecule has 0 aliphatic rings. The summed E-state index contributed by atoms with van der Waals surface area (Å²) in [5.74, 6) is 0.944. The predicted octanol–water partition coefficient (Wildman–Crippen LogP) is 6.04. The van der Waals surface area contributed by atoms with Crippen LogP contribution in [0.25, 0.3) is 0 Å².